The van der Waals surface area contributed by atoms with Gasteiger partial charge in [-0.2, -0.15) is 5.26 Å². The molecule has 4 rings (SSSR count). The Balaban J connectivity index is 1.50. The Hall–Kier alpha value is -3.31. The van der Waals surface area contributed by atoms with E-state index >= 15 is 0 Å². The molecule has 1 saturated heterocycles. The maximum Gasteiger partial charge on any atom is 0.268 e. The largest absolute Gasteiger partial charge is 0.343 e. The molecule has 0 radical (unpaired) electrons. The van der Waals surface area contributed by atoms with Crippen LogP contribution in [0.2, 0.25) is 5.02 Å². The zero-order chi connectivity index (χ0) is 22.9. The summed E-state index contributed by atoms with van der Waals surface area (Å²) in [5.74, 6) is -4.33. The molecule has 1 aliphatic heterocycles. The molecule has 1 atom stereocenters. The fourth-order valence-electron chi connectivity index (χ4n) is 4.02. The lowest BCUT2D eigenvalue weighted by Crippen LogP contribution is -2.43. The van der Waals surface area contributed by atoms with Crippen LogP contribution < -0.4 is 5.32 Å². The van der Waals surface area contributed by atoms with Gasteiger partial charge in [-0.3, -0.25) is 14.6 Å². The van der Waals surface area contributed by atoms with Gasteiger partial charge < -0.3 is 10.2 Å². The first kappa shape index (κ1) is 21.9. The van der Waals surface area contributed by atoms with E-state index in [0.29, 0.717) is 16.1 Å². The van der Waals surface area contributed by atoms with Crippen LogP contribution in [0.3, 0.4) is 0 Å². The van der Waals surface area contributed by atoms with Crippen LogP contribution in [0.25, 0.3) is 11.1 Å². The number of carbonyl (C=O) groups is 2. The molecule has 2 heterocycles. The van der Waals surface area contributed by atoms with Crippen molar-refractivity contribution in [3.05, 3.63) is 64.4 Å². The molecule has 1 fully saturated rings. The second-order valence-corrected chi connectivity index (χ2v) is 8.23. The Morgan fingerprint density at radius 2 is 1.94 bits per heavy atom. The molecule has 2 amide bonds. The van der Waals surface area contributed by atoms with Gasteiger partial charge in [0.25, 0.3) is 11.8 Å². The number of carbonyl (C=O) groups excluding carboxylic acids is 2. The van der Waals surface area contributed by atoms with Crippen molar-refractivity contribution in [2.75, 3.05) is 13.1 Å². The Labute approximate surface area is 188 Å². The Kier molecular flexibility index (Phi) is 5.94. The van der Waals surface area contributed by atoms with Gasteiger partial charge in [0.2, 0.25) is 5.91 Å². The van der Waals surface area contributed by atoms with Crippen LogP contribution in [0.5, 0.6) is 0 Å². The van der Waals surface area contributed by atoms with Crippen LogP contribution in [0.4, 0.5) is 8.78 Å². The smallest absolute Gasteiger partial charge is 0.268 e. The Morgan fingerprint density at radius 1 is 1.22 bits per heavy atom. The number of nitriles is 1. The van der Waals surface area contributed by atoms with Crippen molar-refractivity contribution in [2.45, 2.75) is 31.2 Å². The quantitative estimate of drug-likeness (QED) is 0.738. The number of likely N-dealkylation sites (tertiary alicyclic amines) is 1. The normalized spacial score (nSPS) is 19.3. The van der Waals surface area contributed by atoms with Crippen molar-refractivity contribution >= 4 is 34.6 Å². The highest BCUT2D eigenvalue weighted by Crippen LogP contribution is 2.43. The minimum absolute atomic E-state index is 0.345. The van der Waals surface area contributed by atoms with Gasteiger partial charge in [-0.25, -0.2) is 8.78 Å². The molecule has 1 N–H and O–H groups in total. The minimum Gasteiger partial charge on any atom is -0.343 e. The van der Waals surface area contributed by atoms with Crippen molar-refractivity contribution in [3.8, 4) is 6.07 Å². The summed E-state index contributed by atoms with van der Waals surface area (Å²) in [5.41, 5.74) is 4.10. The van der Waals surface area contributed by atoms with Gasteiger partial charge in [0, 0.05) is 35.0 Å². The lowest BCUT2D eigenvalue weighted by molar-refractivity contribution is -0.131. The zero-order valence-electron chi connectivity index (χ0n) is 16.9. The molecule has 164 valence electrons. The summed E-state index contributed by atoms with van der Waals surface area (Å²) in [6.45, 7) is -1.30. The summed E-state index contributed by atoms with van der Waals surface area (Å²) in [4.78, 5) is 30.2. The summed E-state index contributed by atoms with van der Waals surface area (Å²) in [7, 11) is 0. The van der Waals surface area contributed by atoms with Crippen molar-refractivity contribution in [1.82, 2.24) is 15.2 Å². The summed E-state index contributed by atoms with van der Waals surface area (Å²) >= 11 is 5.97. The molecule has 6 nitrogen and oxygen atoms in total. The number of alkyl halides is 2. The molecule has 2 aliphatic rings. The van der Waals surface area contributed by atoms with E-state index in [1.807, 2.05) is 12.1 Å². The molecule has 0 unspecified atom stereocenters. The number of allylic oxidation sites excluding steroid dienone is 2. The van der Waals surface area contributed by atoms with Crippen LogP contribution in [-0.4, -0.2) is 46.8 Å². The predicted octanol–water partition coefficient (Wildman–Crippen LogP) is 3.93. The van der Waals surface area contributed by atoms with Gasteiger partial charge in [0.05, 0.1) is 19.2 Å². The molecular formula is C23H19ClF2N4O2. The topological polar surface area (TPSA) is 86.1 Å². The van der Waals surface area contributed by atoms with Crippen LogP contribution >= 0.6 is 11.6 Å². The van der Waals surface area contributed by atoms with Crippen molar-refractivity contribution < 1.29 is 18.4 Å². The van der Waals surface area contributed by atoms with E-state index in [9.17, 15) is 18.4 Å². The molecular weight excluding hydrogens is 438 g/mol. The average molecular weight is 457 g/mol. The second kappa shape index (κ2) is 8.67. The minimum atomic E-state index is -3.10. The molecule has 1 aliphatic carbocycles. The SMILES string of the molecule is N#C[C@@H]1CC(F)(F)CN1C(=O)CNC(=O)c1ccncc1C1=C(c2ccc(Cl)cc2)CC1. The number of halogens is 3. The van der Waals surface area contributed by atoms with E-state index in [0.717, 1.165) is 34.5 Å². The van der Waals surface area contributed by atoms with Gasteiger partial charge in [-0.1, -0.05) is 23.7 Å². The first-order valence-electron chi connectivity index (χ1n) is 10.1. The highest BCUT2D eigenvalue weighted by atomic mass is 35.5. The zero-order valence-corrected chi connectivity index (χ0v) is 17.7. The first-order valence-corrected chi connectivity index (χ1v) is 10.4. The molecule has 0 spiro atoms. The average Bonchev–Trinajstić information content (AvgIpc) is 3.08. The number of amides is 2. The van der Waals surface area contributed by atoms with Crippen molar-refractivity contribution in [3.63, 3.8) is 0 Å². The molecule has 32 heavy (non-hydrogen) atoms. The highest BCUT2D eigenvalue weighted by molar-refractivity contribution is 6.30. The third kappa shape index (κ3) is 4.34. The molecule has 0 saturated carbocycles. The fourth-order valence-corrected chi connectivity index (χ4v) is 4.15. The molecule has 2 aromatic rings. The molecule has 1 aromatic carbocycles. The number of hydrogen-bond donors (Lipinski definition) is 1. The van der Waals surface area contributed by atoms with Crippen LogP contribution in [0.1, 0.15) is 40.7 Å². The van der Waals surface area contributed by atoms with Gasteiger partial charge >= 0.3 is 0 Å². The summed E-state index contributed by atoms with van der Waals surface area (Å²) in [6, 6.07) is 9.53. The van der Waals surface area contributed by atoms with Crippen LogP contribution in [0.15, 0.2) is 42.7 Å². The van der Waals surface area contributed by atoms with E-state index in [1.165, 1.54) is 6.20 Å². The third-order valence-corrected chi connectivity index (χ3v) is 5.96. The van der Waals surface area contributed by atoms with E-state index < -0.39 is 43.3 Å². The lowest BCUT2D eigenvalue weighted by Gasteiger charge is -2.26. The number of nitrogens with zero attached hydrogens (tertiary/aromatic N) is 3. The Morgan fingerprint density at radius 3 is 2.59 bits per heavy atom. The summed E-state index contributed by atoms with van der Waals surface area (Å²) < 4.78 is 27.2. The molecule has 1 aromatic heterocycles. The number of aromatic nitrogens is 1. The predicted molar refractivity (Wildman–Crippen MR) is 115 cm³/mol. The van der Waals surface area contributed by atoms with Gasteiger partial charge in [0.1, 0.15) is 6.04 Å². The maximum atomic E-state index is 13.6. The molecule has 0 bridgehead atoms. The fraction of sp³-hybridized carbons (Fsp3) is 0.304. The third-order valence-electron chi connectivity index (χ3n) is 5.71. The van der Waals surface area contributed by atoms with Crippen molar-refractivity contribution in [1.29, 1.82) is 5.26 Å². The highest BCUT2D eigenvalue weighted by Gasteiger charge is 2.47. The van der Waals surface area contributed by atoms with E-state index in [-0.39, 0.29) is 0 Å². The Bertz CT molecular complexity index is 1140. The lowest BCUT2D eigenvalue weighted by atomic mass is 9.79. The number of nitrogens with one attached hydrogen (secondary N) is 1. The maximum absolute atomic E-state index is 13.6. The van der Waals surface area contributed by atoms with Crippen LogP contribution in [-0.2, 0) is 4.79 Å². The molecule has 9 heteroatoms. The van der Waals surface area contributed by atoms with Gasteiger partial charge in [0.15, 0.2) is 0 Å². The standard InChI is InChI=1S/C23H19ClF2N4O2/c24-15-3-1-14(2-4-15)17-5-6-18(17)20-11-28-8-7-19(20)22(32)29-12-21(31)30-13-23(25,26)9-16(30)10-27/h1-4,7-8,11,16H,5-6,9,12-13H2,(H,29,32)/t16-/m0/s1. The van der Waals surface area contributed by atoms with E-state index in [4.69, 9.17) is 16.9 Å². The van der Waals surface area contributed by atoms with Gasteiger partial charge in [-0.15, -0.1) is 0 Å². The van der Waals surface area contributed by atoms with E-state index in [1.54, 1.807) is 30.5 Å². The summed E-state index contributed by atoms with van der Waals surface area (Å²) in [5, 5.41) is 12.2. The number of rotatable bonds is 5. The summed E-state index contributed by atoms with van der Waals surface area (Å²) in [6.07, 6.45) is 4.01. The van der Waals surface area contributed by atoms with E-state index in [2.05, 4.69) is 10.3 Å². The first-order chi connectivity index (χ1) is 15.3. The number of pyridine rings is 1. The van der Waals surface area contributed by atoms with Gasteiger partial charge in [-0.05, 0) is 47.8 Å². The van der Waals surface area contributed by atoms with Crippen molar-refractivity contribution in [2.24, 2.45) is 0 Å². The second-order valence-electron chi connectivity index (χ2n) is 7.79. The number of benzene rings is 1. The number of hydrogen-bond acceptors (Lipinski definition) is 4. The van der Waals surface area contributed by atoms with Crippen LogP contribution in [0, 0.1) is 11.3 Å². The monoisotopic (exact) mass is 456 g/mol.